The van der Waals surface area contributed by atoms with E-state index in [-0.39, 0.29) is 36.3 Å². The van der Waals surface area contributed by atoms with E-state index in [9.17, 15) is 9.18 Å². The molecule has 1 amide bonds. The molecule has 0 spiro atoms. The van der Waals surface area contributed by atoms with Gasteiger partial charge in [-0.15, -0.1) is 0 Å². The number of anilines is 3. The summed E-state index contributed by atoms with van der Waals surface area (Å²) in [6.07, 6.45) is 8.43. The summed E-state index contributed by atoms with van der Waals surface area (Å²) in [6, 6.07) is 7.53. The molecule has 324 valence electrons. The Morgan fingerprint density at radius 1 is 1.02 bits per heavy atom. The van der Waals surface area contributed by atoms with E-state index in [1.54, 1.807) is 30.4 Å². The molecule has 62 heavy (non-hydrogen) atoms. The van der Waals surface area contributed by atoms with Crippen LogP contribution >= 0.6 is 0 Å². The average Bonchev–Trinajstić information content (AvgIpc) is 3.95. The number of benzene rings is 2. The van der Waals surface area contributed by atoms with Crippen molar-refractivity contribution in [3.05, 3.63) is 72.1 Å². The second-order valence-corrected chi connectivity index (χ2v) is 15.9. The molecular weight excluding hydrogens is 806 g/mol. The van der Waals surface area contributed by atoms with Crippen molar-refractivity contribution in [1.29, 1.82) is 0 Å². The highest BCUT2D eigenvalue weighted by Crippen LogP contribution is 2.43. The van der Waals surface area contributed by atoms with Crippen LogP contribution < -0.4 is 32.2 Å². The van der Waals surface area contributed by atoms with Crippen LogP contribution in [-0.2, 0) is 16.1 Å². The Hall–Kier alpha value is -6.61. The van der Waals surface area contributed by atoms with Crippen molar-refractivity contribution in [2.24, 2.45) is 16.7 Å². The first-order valence-corrected chi connectivity index (χ1v) is 20.6. The summed E-state index contributed by atoms with van der Waals surface area (Å²) >= 11 is 0. The molecule has 3 saturated heterocycles. The van der Waals surface area contributed by atoms with Gasteiger partial charge in [0.05, 0.1) is 41.0 Å². The fourth-order valence-electron chi connectivity index (χ4n) is 9.41. The van der Waals surface area contributed by atoms with E-state index >= 15 is 8.78 Å². The van der Waals surface area contributed by atoms with Gasteiger partial charge in [0, 0.05) is 68.8 Å². The highest BCUT2D eigenvalue weighted by atomic mass is 19.1. The van der Waals surface area contributed by atoms with Crippen LogP contribution in [0.15, 0.2) is 53.9 Å². The highest BCUT2D eigenvalue weighted by molar-refractivity contribution is 5.94. The third-order valence-corrected chi connectivity index (χ3v) is 12.1. The summed E-state index contributed by atoms with van der Waals surface area (Å²) in [5, 5.41) is 11.7. The van der Waals surface area contributed by atoms with Crippen molar-refractivity contribution >= 4 is 52.0 Å². The Morgan fingerprint density at radius 2 is 1.84 bits per heavy atom. The maximum atomic E-state index is 15.3. The predicted octanol–water partition coefficient (Wildman–Crippen LogP) is 3.77. The van der Waals surface area contributed by atoms with Crippen molar-refractivity contribution in [2.75, 3.05) is 41.9 Å². The largest absolute Gasteiger partial charge is 0.388 e. The normalized spacial score (nSPS) is 22.3. The molecule has 4 aromatic heterocycles. The van der Waals surface area contributed by atoms with Gasteiger partial charge < -0.3 is 35.1 Å². The lowest BCUT2D eigenvalue weighted by atomic mass is 9.80. The van der Waals surface area contributed by atoms with Crippen molar-refractivity contribution in [3.8, 4) is 16.9 Å². The average molecular weight is 853 g/mol. The van der Waals surface area contributed by atoms with Crippen LogP contribution in [0.4, 0.5) is 30.9 Å². The van der Waals surface area contributed by atoms with Gasteiger partial charge in [-0.2, -0.15) is 20.2 Å². The number of hydrogen-bond donors (Lipinski definition) is 4. The van der Waals surface area contributed by atoms with Crippen LogP contribution in [0.1, 0.15) is 44.9 Å². The summed E-state index contributed by atoms with van der Waals surface area (Å²) < 4.78 is 54.2. The number of hydrazone groups is 1. The fourth-order valence-corrected chi connectivity index (χ4v) is 9.41. The fraction of sp³-hybridized carbons (Fsp3) is 0.415. The zero-order valence-electron chi connectivity index (χ0n) is 34.4. The molecule has 18 nitrogen and oxygen atoms in total. The van der Waals surface area contributed by atoms with Gasteiger partial charge in [-0.3, -0.25) is 4.79 Å². The van der Waals surface area contributed by atoms with E-state index in [1.807, 2.05) is 28.8 Å². The molecule has 2 aromatic carbocycles. The second-order valence-electron chi connectivity index (χ2n) is 15.9. The van der Waals surface area contributed by atoms with E-state index in [4.69, 9.17) is 30.4 Å². The first kappa shape index (κ1) is 40.8. The van der Waals surface area contributed by atoms with Gasteiger partial charge in [-0.05, 0) is 70.2 Å². The first-order chi connectivity index (χ1) is 30.0. The first-order valence-electron chi connectivity index (χ1n) is 20.6. The molecule has 21 heteroatoms. The van der Waals surface area contributed by atoms with Crippen molar-refractivity contribution < 1.29 is 22.7 Å². The lowest BCUT2D eigenvalue weighted by molar-refractivity contribution is -0.133. The van der Waals surface area contributed by atoms with Crippen LogP contribution in [0.2, 0.25) is 0 Å². The number of piperidine rings is 1. The summed E-state index contributed by atoms with van der Waals surface area (Å²) in [5.41, 5.74) is 9.37. The summed E-state index contributed by atoms with van der Waals surface area (Å²) in [6.45, 7) is 5.14. The van der Waals surface area contributed by atoms with Gasteiger partial charge in [0.15, 0.2) is 11.5 Å². The number of carbonyl (C=O) groups excluding carboxylic acids is 1. The van der Waals surface area contributed by atoms with Gasteiger partial charge >= 0.3 is 0 Å². The number of imidazole rings is 1. The van der Waals surface area contributed by atoms with Crippen LogP contribution in [0.5, 0.6) is 0 Å². The quantitative estimate of drug-likeness (QED) is 0.0814. The lowest BCUT2D eigenvalue weighted by Crippen LogP contribution is -2.59. The third kappa shape index (κ3) is 7.44. The molecule has 5 atom stereocenters. The van der Waals surface area contributed by atoms with E-state index in [1.165, 1.54) is 28.9 Å². The number of rotatable bonds is 6. The Morgan fingerprint density at radius 3 is 2.56 bits per heavy atom. The Labute approximate surface area is 354 Å². The van der Waals surface area contributed by atoms with Gasteiger partial charge in [-0.1, -0.05) is 0 Å². The summed E-state index contributed by atoms with van der Waals surface area (Å²) in [5.74, 6) is 4.53. The number of hydrazine groups is 1. The van der Waals surface area contributed by atoms with E-state index in [2.05, 4.69) is 31.2 Å². The molecule has 6 N–H and O–H groups in total. The van der Waals surface area contributed by atoms with Gasteiger partial charge in [0.2, 0.25) is 17.8 Å². The lowest BCUT2D eigenvalue weighted by Gasteiger charge is -2.53. The Kier molecular flexibility index (Phi) is 11.0. The number of aromatic nitrogens is 8. The minimum atomic E-state index is -0.779. The molecule has 6 aromatic rings. The molecule has 0 saturated carbocycles. The molecule has 10 rings (SSSR count). The van der Waals surface area contributed by atoms with Crippen LogP contribution in [0.3, 0.4) is 0 Å². The van der Waals surface area contributed by atoms with Gasteiger partial charge in [0.1, 0.15) is 41.3 Å². The molecule has 0 radical (unpaired) electrons. The minimum Gasteiger partial charge on any atom is -0.388 e. The number of nitrogens with one attached hydrogen (secondary N) is 2. The monoisotopic (exact) mass is 852 g/mol. The summed E-state index contributed by atoms with van der Waals surface area (Å²) in [7, 11) is 1.77. The second kappa shape index (κ2) is 16.7. The standard InChI is InChI=1S/C40H41F3N12O2.CH6N4/c1-4-57-27-19-51(3)38(56)34-15-24(47-39-44-11-10-31(48-39)28-12-23(42)14-32-35(28)52(20-27)21(2)46-32)18-53(34)36-29-17-45-55(33-9-8-22(41)13-30(33)43)37(29)50-40(49-36)54-25-6-5-7-26(54)16-25;2-1-4-5-3/h8-14,17,24-27,34H,4-7,15-16,18-20H2,1-3H3,(H,44,47,48);1,5H,3H2,(H2,2,4). The zero-order valence-corrected chi connectivity index (χ0v) is 34.4. The van der Waals surface area contributed by atoms with Crippen LogP contribution in [-0.4, -0.2) is 113 Å². The topological polar surface area (TPSA) is 212 Å². The van der Waals surface area contributed by atoms with Gasteiger partial charge in [-0.25, -0.2) is 44.2 Å². The maximum Gasteiger partial charge on any atom is 0.245 e. The van der Waals surface area contributed by atoms with Gasteiger partial charge in [0.25, 0.3) is 0 Å². The number of fused-ring (bicyclic) bond motifs is 8. The molecule has 6 bridgehead atoms. The number of nitrogens with zero attached hydrogens (tertiary/aromatic N) is 12. The molecule has 0 aliphatic carbocycles. The van der Waals surface area contributed by atoms with Crippen LogP contribution in [0, 0.1) is 24.4 Å². The minimum absolute atomic E-state index is 0.0476. The number of aryl methyl sites for hydroxylation is 1. The number of likely N-dealkylation sites (N-methyl/N-ethyl adjacent to an activating group) is 1. The van der Waals surface area contributed by atoms with E-state index in [0.717, 1.165) is 43.6 Å². The molecule has 3 fully saturated rings. The molecule has 4 aliphatic heterocycles. The highest BCUT2D eigenvalue weighted by Gasteiger charge is 2.45. The third-order valence-electron chi connectivity index (χ3n) is 12.1. The Bertz CT molecular complexity index is 2660. The number of amides is 1. The van der Waals surface area contributed by atoms with Crippen molar-refractivity contribution in [1.82, 2.24) is 49.7 Å². The molecule has 8 heterocycles. The van der Waals surface area contributed by atoms with E-state index < -0.39 is 29.6 Å². The van der Waals surface area contributed by atoms with Crippen LogP contribution in [0.25, 0.3) is 39.0 Å². The number of hydrogen-bond acceptors (Lipinski definition) is 14. The smallest absolute Gasteiger partial charge is 0.245 e. The molecule has 4 aliphatic rings. The molecular formula is C41H47F3N16O2. The number of halogens is 3. The number of carbonyl (C=O) groups is 1. The predicted molar refractivity (Wildman–Crippen MR) is 227 cm³/mol. The van der Waals surface area contributed by atoms with Crippen molar-refractivity contribution in [3.63, 3.8) is 0 Å². The number of ether oxygens (including phenoxy) is 1. The summed E-state index contributed by atoms with van der Waals surface area (Å²) in [4.78, 5) is 45.0. The maximum absolute atomic E-state index is 15.3. The van der Waals surface area contributed by atoms with E-state index in [0.29, 0.717) is 77.5 Å². The zero-order chi connectivity index (χ0) is 43.2. The SMILES string of the molecule is CCOC1CN(C)C(=O)C2CC(CN2c2nc(N3C4CCCC3C4)nc3c2cnn3-c2ccc(F)cc2F)Nc2nccc(n2)-c2cc(F)cc3nc(C)n(c23)C1.N/C=N\NN. The Balaban J connectivity index is 0.000000929. The van der Waals surface area contributed by atoms with Crippen molar-refractivity contribution in [2.45, 2.75) is 82.8 Å². The number of nitrogens with two attached hydrogens (primary N) is 2. The molecule has 5 unspecified atom stereocenters.